The van der Waals surface area contributed by atoms with Crippen molar-refractivity contribution in [3.63, 3.8) is 0 Å². The van der Waals surface area contributed by atoms with Gasteiger partial charge in [-0.25, -0.2) is 0 Å². The summed E-state index contributed by atoms with van der Waals surface area (Å²) < 4.78 is 0. The zero-order valence-corrected chi connectivity index (χ0v) is 17.1. The fourth-order valence-electron chi connectivity index (χ4n) is 3.16. The van der Waals surface area contributed by atoms with Crippen molar-refractivity contribution in [1.29, 1.82) is 0 Å². The van der Waals surface area contributed by atoms with E-state index >= 15 is 0 Å². The molecule has 4 aromatic rings. The Labute approximate surface area is 185 Å². The summed E-state index contributed by atoms with van der Waals surface area (Å²) in [6, 6.07) is 14.0. The van der Waals surface area contributed by atoms with E-state index < -0.39 is 0 Å². The second-order valence-electron chi connectivity index (χ2n) is 6.22. The molecule has 4 N–H and O–H groups in total. The fourth-order valence-corrected chi connectivity index (χ4v) is 3.16. The third kappa shape index (κ3) is 4.25. The smallest absolute Gasteiger partial charge is 0.128 e. The minimum absolute atomic E-state index is 0. The Hall–Kier alpha value is -3.48. The predicted octanol–water partition coefficient (Wildman–Crippen LogP) is 5.14. The molecule has 0 aliphatic heterocycles. The number of rotatable bonds is 3. The van der Waals surface area contributed by atoms with Crippen molar-refractivity contribution in [1.82, 2.24) is 9.97 Å². The van der Waals surface area contributed by atoms with Crippen LogP contribution in [0.3, 0.4) is 0 Å². The SMILES string of the molecule is Cl.Cl.Oc1ccc(-c2nccc(-c3ccncc3)c2-c2ccc(O)cc2O)c(O)c1. The van der Waals surface area contributed by atoms with Gasteiger partial charge in [0.2, 0.25) is 0 Å². The molecule has 2 aromatic carbocycles. The Morgan fingerprint density at radius 2 is 1.13 bits per heavy atom. The second kappa shape index (κ2) is 9.35. The number of halogens is 2. The number of phenols is 4. The molecule has 2 heterocycles. The lowest BCUT2D eigenvalue weighted by molar-refractivity contribution is 0.450. The number of aromatic nitrogens is 2. The van der Waals surface area contributed by atoms with Gasteiger partial charge in [-0.05, 0) is 53.6 Å². The van der Waals surface area contributed by atoms with Crippen LogP contribution in [0.15, 0.2) is 73.2 Å². The van der Waals surface area contributed by atoms with Gasteiger partial charge in [-0.15, -0.1) is 24.8 Å². The molecule has 0 aliphatic carbocycles. The highest BCUT2D eigenvalue weighted by atomic mass is 35.5. The molecule has 0 saturated carbocycles. The summed E-state index contributed by atoms with van der Waals surface area (Å²) in [5.74, 6) is -0.396. The first-order valence-corrected chi connectivity index (χ1v) is 8.48. The van der Waals surface area contributed by atoms with Crippen LogP contribution in [-0.2, 0) is 0 Å². The standard InChI is InChI=1S/C22H16N2O4.2ClH/c25-14-1-3-17(19(27)11-14)21-16(13-5-8-23-9-6-13)7-10-24-22(21)18-4-2-15(26)12-20(18)28;;/h1-12,25-28H;2*1H. The van der Waals surface area contributed by atoms with Crippen molar-refractivity contribution in [2.45, 2.75) is 0 Å². The molecule has 0 spiro atoms. The van der Waals surface area contributed by atoms with E-state index in [4.69, 9.17) is 0 Å². The highest BCUT2D eigenvalue weighted by Gasteiger charge is 2.20. The molecule has 0 atom stereocenters. The van der Waals surface area contributed by atoms with Crippen LogP contribution >= 0.6 is 24.8 Å². The maximum absolute atomic E-state index is 10.5. The molecule has 2 aromatic heterocycles. The predicted molar refractivity (Wildman–Crippen MR) is 119 cm³/mol. The zero-order chi connectivity index (χ0) is 19.7. The van der Waals surface area contributed by atoms with Gasteiger partial charge in [-0.3, -0.25) is 9.97 Å². The van der Waals surface area contributed by atoms with E-state index in [9.17, 15) is 20.4 Å². The van der Waals surface area contributed by atoms with E-state index in [2.05, 4.69) is 9.97 Å². The van der Waals surface area contributed by atoms with E-state index in [1.165, 1.54) is 24.3 Å². The quantitative estimate of drug-likeness (QED) is 0.348. The minimum Gasteiger partial charge on any atom is -0.508 e. The van der Waals surface area contributed by atoms with Gasteiger partial charge in [0.1, 0.15) is 23.0 Å². The molecule has 0 bridgehead atoms. The summed E-state index contributed by atoms with van der Waals surface area (Å²) in [4.78, 5) is 8.48. The summed E-state index contributed by atoms with van der Waals surface area (Å²) in [5.41, 5.74) is 3.46. The van der Waals surface area contributed by atoms with Gasteiger partial charge in [0, 0.05) is 47.4 Å². The Morgan fingerprint density at radius 1 is 0.567 bits per heavy atom. The number of hydrogen-bond acceptors (Lipinski definition) is 6. The van der Waals surface area contributed by atoms with E-state index in [1.54, 1.807) is 36.8 Å². The van der Waals surface area contributed by atoms with Crippen LogP contribution in [0.4, 0.5) is 0 Å². The van der Waals surface area contributed by atoms with Crippen LogP contribution < -0.4 is 0 Å². The number of aromatic hydroxyl groups is 4. The lowest BCUT2D eigenvalue weighted by Gasteiger charge is -2.17. The zero-order valence-electron chi connectivity index (χ0n) is 15.4. The molecule has 0 aliphatic rings. The van der Waals surface area contributed by atoms with Crippen molar-refractivity contribution in [2.75, 3.05) is 0 Å². The summed E-state index contributed by atoms with van der Waals surface area (Å²) in [7, 11) is 0. The van der Waals surface area contributed by atoms with Crippen molar-refractivity contribution >= 4 is 24.8 Å². The van der Waals surface area contributed by atoms with Crippen molar-refractivity contribution in [2.24, 2.45) is 0 Å². The first kappa shape index (κ1) is 22.8. The molecule has 30 heavy (non-hydrogen) atoms. The fraction of sp³-hybridized carbons (Fsp3) is 0. The lowest BCUT2D eigenvalue weighted by Crippen LogP contribution is -1.94. The molecule has 0 unspecified atom stereocenters. The molecule has 0 fully saturated rings. The highest BCUT2D eigenvalue weighted by Crippen LogP contribution is 2.45. The number of hydrogen-bond donors (Lipinski definition) is 4. The summed E-state index contributed by atoms with van der Waals surface area (Å²) >= 11 is 0. The Morgan fingerprint density at radius 3 is 1.70 bits per heavy atom. The van der Waals surface area contributed by atoms with E-state index in [0.717, 1.165) is 11.1 Å². The normalized spacial score (nSPS) is 10.0. The molecular formula is C22H18Cl2N2O4. The third-order valence-corrected chi connectivity index (χ3v) is 4.43. The Bertz CT molecular complexity index is 1170. The molecule has 0 amide bonds. The van der Waals surface area contributed by atoms with Gasteiger partial charge in [0.25, 0.3) is 0 Å². The van der Waals surface area contributed by atoms with Crippen molar-refractivity contribution < 1.29 is 20.4 Å². The average molecular weight is 445 g/mol. The van der Waals surface area contributed by atoms with E-state index in [0.29, 0.717) is 22.4 Å². The molecule has 0 radical (unpaired) electrons. The van der Waals surface area contributed by atoms with Gasteiger partial charge >= 0.3 is 0 Å². The van der Waals surface area contributed by atoms with Gasteiger partial charge in [0.05, 0.1) is 5.69 Å². The first-order chi connectivity index (χ1) is 13.5. The Balaban J connectivity index is 0.00000160. The molecule has 8 heteroatoms. The molecule has 4 rings (SSSR count). The van der Waals surface area contributed by atoms with Gasteiger partial charge < -0.3 is 20.4 Å². The van der Waals surface area contributed by atoms with Crippen LogP contribution in [-0.4, -0.2) is 30.4 Å². The number of benzene rings is 2. The Kier molecular flexibility index (Phi) is 7.10. The largest absolute Gasteiger partial charge is 0.508 e. The van der Waals surface area contributed by atoms with Crippen molar-refractivity contribution in [3.8, 4) is 56.5 Å². The minimum atomic E-state index is -0.140. The van der Waals surface area contributed by atoms with Crippen LogP contribution in [0.2, 0.25) is 0 Å². The van der Waals surface area contributed by atoms with Crippen molar-refractivity contribution in [3.05, 3.63) is 73.2 Å². The third-order valence-electron chi connectivity index (χ3n) is 4.43. The van der Waals surface area contributed by atoms with E-state index in [-0.39, 0.29) is 47.8 Å². The first-order valence-electron chi connectivity index (χ1n) is 8.48. The summed E-state index contributed by atoms with van der Waals surface area (Å²) in [5, 5.41) is 40.2. The monoisotopic (exact) mass is 444 g/mol. The lowest BCUT2D eigenvalue weighted by atomic mass is 9.90. The van der Waals surface area contributed by atoms with Crippen LogP contribution in [0.5, 0.6) is 23.0 Å². The number of pyridine rings is 2. The molecule has 154 valence electrons. The van der Waals surface area contributed by atoms with Crippen LogP contribution in [0.1, 0.15) is 0 Å². The van der Waals surface area contributed by atoms with Gasteiger partial charge in [0.15, 0.2) is 0 Å². The van der Waals surface area contributed by atoms with E-state index in [1.807, 2.05) is 12.1 Å². The molecule has 0 saturated heterocycles. The average Bonchev–Trinajstić information content (AvgIpc) is 2.69. The van der Waals surface area contributed by atoms with Crippen LogP contribution in [0, 0.1) is 0 Å². The van der Waals surface area contributed by atoms with Gasteiger partial charge in [-0.2, -0.15) is 0 Å². The topological polar surface area (TPSA) is 107 Å². The number of nitrogens with zero attached hydrogens (tertiary/aromatic N) is 2. The molecule has 6 nitrogen and oxygen atoms in total. The molecular weight excluding hydrogens is 427 g/mol. The summed E-state index contributed by atoms with van der Waals surface area (Å²) in [6.07, 6.45) is 4.93. The summed E-state index contributed by atoms with van der Waals surface area (Å²) in [6.45, 7) is 0. The second-order valence-corrected chi connectivity index (χ2v) is 6.22. The number of phenolic OH excluding ortho intramolecular Hbond substituents is 4. The maximum Gasteiger partial charge on any atom is 0.128 e. The van der Waals surface area contributed by atoms with Gasteiger partial charge in [-0.1, -0.05) is 0 Å². The maximum atomic E-state index is 10.5. The van der Waals surface area contributed by atoms with Crippen LogP contribution in [0.25, 0.3) is 33.5 Å². The highest BCUT2D eigenvalue weighted by molar-refractivity contribution is 5.95.